The van der Waals surface area contributed by atoms with E-state index in [4.69, 9.17) is 32.4 Å². The first-order valence-electron chi connectivity index (χ1n) is 9.75. The van der Waals surface area contributed by atoms with Gasteiger partial charge >= 0.3 is 0 Å². The molecule has 1 aromatic heterocycles. The molecule has 6 nitrogen and oxygen atoms in total. The molecule has 2 amide bonds. The Morgan fingerprint density at radius 2 is 1.84 bits per heavy atom. The minimum Gasteiger partial charge on any atom is -0.494 e. The molecular formula is C23H22Cl2N2O4. The number of rotatable bonds is 8. The number of hydrogen-bond donors (Lipinski definition) is 2. The first kappa shape index (κ1) is 22.7. The van der Waals surface area contributed by atoms with Gasteiger partial charge in [0, 0.05) is 28.8 Å². The Bertz CT molecular complexity index is 1090. The third-order valence-corrected chi connectivity index (χ3v) is 5.08. The molecule has 0 saturated carbocycles. The highest BCUT2D eigenvalue weighted by Crippen LogP contribution is 2.32. The predicted octanol–water partition coefficient (Wildman–Crippen LogP) is 6.64. The van der Waals surface area contributed by atoms with Crippen LogP contribution in [0.1, 0.15) is 36.7 Å². The lowest BCUT2D eigenvalue weighted by molar-refractivity contribution is -0.116. The Hall–Kier alpha value is -2.96. The minimum absolute atomic E-state index is 0.0836. The number of carbonyl (C=O) groups excluding carboxylic acids is 2. The molecule has 0 saturated heterocycles. The first-order chi connectivity index (χ1) is 14.9. The number of anilines is 2. The van der Waals surface area contributed by atoms with E-state index in [0.717, 1.165) is 12.8 Å². The van der Waals surface area contributed by atoms with Crippen molar-refractivity contribution in [1.82, 2.24) is 0 Å². The summed E-state index contributed by atoms with van der Waals surface area (Å²) >= 11 is 12.2. The maximum atomic E-state index is 12.6. The molecule has 162 valence electrons. The Kier molecular flexibility index (Phi) is 7.60. The van der Waals surface area contributed by atoms with E-state index < -0.39 is 5.91 Å². The molecule has 3 aromatic rings. The van der Waals surface area contributed by atoms with Crippen LogP contribution in [0.25, 0.3) is 11.3 Å². The van der Waals surface area contributed by atoms with Gasteiger partial charge < -0.3 is 19.8 Å². The second-order valence-corrected chi connectivity index (χ2v) is 7.65. The van der Waals surface area contributed by atoms with Crippen molar-refractivity contribution in [3.05, 3.63) is 64.3 Å². The van der Waals surface area contributed by atoms with Crippen LogP contribution in [0.15, 0.2) is 52.9 Å². The summed E-state index contributed by atoms with van der Waals surface area (Å²) in [4.78, 5) is 24.6. The van der Waals surface area contributed by atoms with Gasteiger partial charge in [0.05, 0.1) is 17.8 Å². The molecule has 0 aliphatic carbocycles. The summed E-state index contributed by atoms with van der Waals surface area (Å²) in [7, 11) is 1.50. The van der Waals surface area contributed by atoms with Crippen molar-refractivity contribution < 1.29 is 18.7 Å². The molecule has 31 heavy (non-hydrogen) atoms. The quantitative estimate of drug-likeness (QED) is 0.394. The number of hydrogen-bond acceptors (Lipinski definition) is 4. The second kappa shape index (κ2) is 10.4. The normalized spacial score (nSPS) is 10.6. The Morgan fingerprint density at radius 1 is 1.03 bits per heavy atom. The van der Waals surface area contributed by atoms with Crippen LogP contribution in [0, 0.1) is 0 Å². The first-order valence-corrected chi connectivity index (χ1v) is 10.5. The number of benzene rings is 2. The molecular weight excluding hydrogens is 439 g/mol. The lowest BCUT2D eigenvalue weighted by Crippen LogP contribution is -2.13. The van der Waals surface area contributed by atoms with Gasteiger partial charge in [-0.3, -0.25) is 9.59 Å². The summed E-state index contributed by atoms with van der Waals surface area (Å²) in [6.07, 6.45) is 2.19. The third kappa shape index (κ3) is 5.81. The maximum absolute atomic E-state index is 12.6. The number of carbonyl (C=O) groups is 2. The highest BCUT2D eigenvalue weighted by molar-refractivity contribution is 6.35. The van der Waals surface area contributed by atoms with Gasteiger partial charge in [0.25, 0.3) is 5.91 Å². The molecule has 0 atom stereocenters. The van der Waals surface area contributed by atoms with Crippen LogP contribution < -0.4 is 15.4 Å². The molecule has 3 rings (SSSR count). The van der Waals surface area contributed by atoms with Gasteiger partial charge in [0.15, 0.2) is 5.76 Å². The van der Waals surface area contributed by atoms with Gasteiger partial charge in [-0.15, -0.1) is 0 Å². The topological polar surface area (TPSA) is 80.6 Å². The van der Waals surface area contributed by atoms with Crippen LogP contribution in [0.5, 0.6) is 5.75 Å². The van der Waals surface area contributed by atoms with E-state index in [0.29, 0.717) is 44.9 Å². The lowest BCUT2D eigenvalue weighted by Gasteiger charge is -2.12. The molecule has 0 radical (unpaired) electrons. The van der Waals surface area contributed by atoms with Crippen molar-refractivity contribution in [3.63, 3.8) is 0 Å². The molecule has 8 heteroatoms. The van der Waals surface area contributed by atoms with E-state index in [1.807, 2.05) is 6.92 Å². The smallest absolute Gasteiger partial charge is 0.291 e. The number of methoxy groups -OCH3 is 1. The fourth-order valence-corrected chi connectivity index (χ4v) is 3.29. The Morgan fingerprint density at radius 3 is 2.58 bits per heavy atom. The third-order valence-electron chi connectivity index (χ3n) is 4.51. The van der Waals surface area contributed by atoms with Crippen molar-refractivity contribution in [2.75, 3.05) is 17.7 Å². The molecule has 2 aromatic carbocycles. The second-order valence-electron chi connectivity index (χ2n) is 6.81. The molecule has 0 aliphatic rings. The Labute approximate surface area is 190 Å². The van der Waals surface area contributed by atoms with Gasteiger partial charge in [0.1, 0.15) is 11.5 Å². The van der Waals surface area contributed by atoms with Gasteiger partial charge in [-0.1, -0.05) is 36.5 Å². The van der Waals surface area contributed by atoms with E-state index in [1.165, 1.54) is 7.11 Å². The van der Waals surface area contributed by atoms with Crippen LogP contribution in [-0.2, 0) is 4.79 Å². The van der Waals surface area contributed by atoms with E-state index in [-0.39, 0.29) is 11.7 Å². The minimum atomic E-state index is -0.439. The average Bonchev–Trinajstić information content (AvgIpc) is 3.25. The summed E-state index contributed by atoms with van der Waals surface area (Å²) in [5, 5.41) is 6.55. The molecule has 0 spiro atoms. The molecule has 0 fully saturated rings. The number of halogens is 2. The predicted molar refractivity (Wildman–Crippen MR) is 123 cm³/mol. The maximum Gasteiger partial charge on any atom is 0.291 e. The van der Waals surface area contributed by atoms with Gasteiger partial charge in [-0.05, 0) is 48.9 Å². The SMILES string of the molecule is CCCCC(=O)Nc1ccc(NC(=O)c2ccc(-c3cc(Cl)ccc3Cl)o2)cc1OC. The van der Waals surface area contributed by atoms with Crippen molar-refractivity contribution in [3.8, 4) is 17.1 Å². The monoisotopic (exact) mass is 460 g/mol. The molecule has 0 aliphatic heterocycles. The summed E-state index contributed by atoms with van der Waals surface area (Å²) in [5.41, 5.74) is 1.63. The van der Waals surface area contributed by atoms with Crippen LogP contribution in [0.3, 0.4) is 0 Å². The fourth-order valence-electron chi connectivity index (χ4n) is 2.91. The van der Waals surface area contributed by atoms with E-state index in [9.17, 15) is 9.59 Å². The molecule has 2 N–H and O–H groups in total. The van der Waals surface area contributed by atoms with Gasteiger partial charge in [-0.2, -0.15) is 0 Å². The summed E-state index contributed by atoms with van der Waals surface area (Å²) in [5.74, 6) is 0.460. The highest BCUT2D eigenvalue weighted by Gasteiger charge is 2.16. The number of amides is 2. The van der Waals surface area contributed by atoms with Crippen molar-refractivity contribution in [1.29, 1.82) is 0 Å². The zero-order valence-electron chi connectivity index (χ0n) is 17.1. The van der Waals surface area contributed by atoms with E-state index >= 15 is 0 Å². The van der Waals surface area contributed by atoms with Crippen molar-refractivity contribution in [2.24, 2.45) is 0 Å². The standard InChI is InChI=1S/C23H22Cl2N2O4/c1-3-4-5-22(28)27-18-9-7-15(13-21(18)30-2)26-23(29)20-11-10-19(31-20)16-12-14(24)6-8-17(16)25/h6-13H,3-5H2,1-2H3,(H,26,29)(H,27,28). The van der Waals surface area contributed by atoms with Gasteiger partial charge in [-0.25, -0.2) is 0 Å². The van der Waals surface area contributed by atoms with Crippen LogP contribution >= 0.6 is 23.2 Å². The zero-order valence-corrected chi connectivity index (χ0v) is 18.6. The summed E-state index contributed by atoms with van der Waals surface area (Å²) in [6.45, 7) is 2.02. The fraction of sp³-hybridized carbons (Fsp3) is 0.217. The number of furan rings is 1. The molecule has 0 bridgehead atoms. The highest BCUT2D eigenvalue weighted by atomic mass is 35.5. The number of unbranched alkanes of at least 4 members (excludes halogenated alkanes) is 1. The van der Waals surface area contributed by atoms with Gasteiger partial charge in [0.2, 0.25) is 5.91 Å². The lowest BCUT2D eigenvalue weighted by atomic mass is 10.2. The summed E-state index contributed by atoms with van der Waals surface area (Å²) in [6, 6.07) is 13.2. The number of ether oxygens (including phenoxy) is 1. The molecule has 0 unspecified atom stereocenters. The average molecular weight is 461 g/mol. The molecule has 1 heterocycles. The van der Waals surface area contributed by atoms with Crippen molar-refractivity contribution >= 4 is 46.4 Å². The van der Waals surface area contributed by atoms with Crippen molar-refractivity contribution in [2.45, 2.75) is 26.2 Å². The van der Waals surface area contributed by atoms with E-state index in [2.05, 4.69) is 10.6 Å². The van der Waals surface area contributed by atoms with E-state index in [1.54, 1.807) is 48.5 Å². The van der Waals surface area contributed by atoms with Crippen LogP contribution in [0.2, 0.25) is 10.0 Å². The largest absolute Gasteiger partial charge is 0.494 e. The van der Waals surface area contributed by atoms with Crippen LogP contribution in [0.4, 0.5) is 11.4 Å². The summed E-state index contributed by atoms with van der Waals surface area (Å²) < 4.78 is 11.0. The Balaban J connectivity index is 1.72. The number of nitrogens with one attached hydrogen (secondary N) is 2. The van der Waals surface area contributed by atoms with Crippen LogP contribution in [-0.4, -0.2) is 18.9 Å². The zero-order chi connectivity index (χ0) is 22.4.